The molecule has 4 heteroatoms. The van der Waals surface area contributed by atoms with E-state index in [-0.39, 0.29) is 5.92 Å². The Morgan fingerprint density at radius 3 is 2.57 bits per heavy atom. The molecule has 0 aromatic heterocycles. The maximum Gasteiger partial charge on any atom is 0.309 e. The third kappa shape index (κ3) is 2.25. The maximum atomic E-state index is 10.6. The zero-order valence-corrected chi connectivity index (χ0v) is 8.32. The minimum absolute atomic E-state index is 0.116. The number of hydrogen-bond donors (Lipinski definition) is 1. The van der Waals surface area contributed by atoms with Crippen LogP contribution in [0.4, 0.5) is 0 Å². The Hall–Kier alpha value is -0.610. The second-order valence-electron chi connectivity index (χ2n) is 4.31. The Morgan fingerprint density at radius 2 is 2.00 bits per heavy atom. The Bertz CT molecular complexity index is 207. The smallest absolute Gasteiger partial charge is 0.309 e. The van der Waals surface area contributed by atoms with E-state index in [2.05, 4.69) is 4.90 Å². The lowest BCUT2D eigenvalue weighted by molar-refractivity contribution is -0.148. The first-order chi connectivity index (χ1) is 6.75. The topological polar surface area (TPSA) is 49.8 Å². The van der Waals surface area contributed by atoms with Crippen molar-refractivity contribution in [3.8, 4) is 0 Å². The Balaban J connectivity index is 1.65. The van der Waals surface area contributed by atoms with Crippen molar-refractivity contribution in [2.45, 2.75) is 12.8 Å². The maximum absolute atomic E-state index is 10.6. The summed E-state index contributed by atoms with van der Waals surface area (Å²) >= 11 is 0. The van der Waals surface area contributed by atoms with Gasteiger partial charge in [-0.2, -0.15) is 0 Å². The van der Waals surface area contributed by atoms with Gasteiger partial charge in [0.15, 0.2) is 0 Å². The fraction of sp³-hybridized carbons (Fsp3) is 0.900. The predicted molar refractivity (Wildman–Crippen MR) is 51.1 cm³/mol. The van der Waals surface area contributed by atoms with E-state index >= 15 is 0 Å². The molecule has 0 spiro atoms. The van der Waals surface area contributed by atoms with E-state index in [1.165, 1.54) is 0 Å². The van der Waals surface area contributed by atoms with E-state index in [4.69, 9.17) is 9.84 Å². The molecule has 2 aliphatic rings. The molecule has 80 valence electrons. The molecular formula is C10H17NO3. The van der Waals surface area contributed by atoms with Crippen LogP contribution in [0.5, 0.6) is 0 Å². The predicted octanol–water partition coefficient (Wildman–Crippen LogP) is 0.429. The van der Waals surface area contributed by atoms with Crippen LogP contribution in [0, 0.1) is 11.8 Å². The average molecular weight is 199 g/mol. The number of carboxylic acid groups (broad SMARTS) is 1. The molecule has 0 bridgehead atoms. The summed E-state index contributed by atoms with van der Waals surface area (Å²) < 4.78 is 5.28. The van der Waals surface area contributed by atoms with Gasteiger partial charge >= 0.3 is 5.97 Å². The molecule has 0 atom stereocenters. The first kappa shape index (κ1) is 9.93. The molecule has 0 radical (unpaired) electrons. The molecule has 2 saturated heterocycles. The highest BCUT2D eigenvalue weighted by atomic mass is 16.5. The van der Waals surface area contributed by atoms with E-state index in [0.29, 0.717) is 0 Å². The number of aliphatic carboxylic acids is 1. The molecule has 2 aliphatic heterocycles. The van der Waals surface area contributed by atoms with Gasteiger partial charge in [0.05, 0.1) is 5.92 Å². The average Bonchev–Trinajstić information content (AvgIpc) is 2.12. The second-order valence-corrected chi connectivity index (χ2v) is 4.31. The lowest BCUT2D eigenvalue weighted by Gasteiger charge is -2.39. The minimum atomic E-state index is -0.645. The van der Waals surface area contributed by atoms with Crippen LogP contribution in [-0.2, 0) is 9.53 Å². The molecule has 4 nitrogen and oxygen atoms in total. The number of carbonyl (C=O) groups is 1. The molecule has 1 N–H and O–H groups in total. The van der Waals surface area contributed by atoms with Gasteiger partial charge in [0, 0.05) is 32.8 Å². The van der Waals surface area contributed by atoms with Crippen molar-refractivity contribution in [2.75, 3.05) is 32.8 Å². The molecule has 2 fully saturated rings. The van der Waals surface area contributed by atoms with Gasteiger partial charge in [0.1, 0.15) is 0 Å². The number of rotatable bonds is 3. The highest BCUT2D eigenvalue weighted by Gasteiger charge is 2.33. The molecule has 0 saturated carbocycles. The van der Waals surface area contributed by atoms with Crippen LogP contribution < -0.4 is 0 Å². The SMILES string of the molecule is O=C(O)C1CN(CC2CCOCC2)C1. The zero-order valence-electron chi connectivity index (χ0n) is 8.32. The first-order valence-corrected chi connectivity index (χ1v) is 5.28. The van der Waals surface area contributed by atoms with Crippen LogP contribution in [0.3, 0.4) is 0 Å². The summed E-state index contributed by atoms with van der Waals surface area (Å²) in [6, 6.07) is 0. The van der Waals surface area contributed by atoms with Gasteiger partial charge in [-0.05, 0) is 18.8 Å². The highest BCUT2D eigenvalue weighted by molar-refractivity contribution is 5.71. The van der Waals surface area contributed by atoms with Crippen LogP contribution in [0.15, 0.2) is 0 Å². The summed E-state index contributed by atoms with van der Waals surface area (Å²) in [6.45, 7) is 4.30. The molecule has 2 heterocycles. The summed E-state index contributed by atoms with van der Waals surface area (Å²) in [7, 11) is 0. The third-order valence-corrected chi connectivity index (χ3v) is 3.16. The largest absolute Gasteiger partial charge is 0.481 e. The van der Waals surface area contributed by atoms with Gasteiger partial charge in [-0.15, -0.1) is 0 Å². The van der Waals surface area contributed by atoms with Crippen molar-refractivity contribution in [1.29, 1.82) is 0 Å². The number of hydrogen-bond acceptors (Lipinski definition) is 3. The molecule has 0 unspecified atom stereocenters. The summed E-state index contributed by atoms with van der Waals surface area (Å²) in [4.78, 5) is 12.8. The van der Waals surface area contributed by atoms with Crippen LogP contribution in [-0.4, -0.2) is 48.8 Å². The van der Waals surface area contributed by atoms with E-state index < -0.39 is 5.97 Å². The van der Waals surface area contributed by atoms with E-state index in [0.717, 1.165) is 51.6 Å². The van der Waals surface area contributed by atoms with Crippen molar-refractivity contribution < 1.29 is 14.6 Å². The van der Waals surface area contributed by atoms with Crippen molar-refractivity contribution in [2.24, 2.45) is 11.8 Å². The normalized spacial score (nSPS) is 26.0. The fourth-order valence-corrected chi connectivity index (χ4v) is 2.17. The first-order valence-electron chi connectivity index (χ1n) is 5.28. The highest BCUT2D eigenvalue weighted by Crippen LogP contribution is 2.22. The molecule has 0 aromatic carbocycles. The quantitative estimate of drug-likeness (QED) is 0.716. The lowest BCUT2D eigenvalue weighted by Crippen LogP contribution is -2.52. The number of nitrogens with zero attached hydrogens (tertiary/aromatic N) is 1. The van der Waals surface area contributed by atoms with Crippen molar-refractivity contribution in [3.05, 3.63) is 0 Å². The van der Waals surface area contributed by atoms with Gasteiger partial charge in [-0.3, -0.25) is 4.79 Å². The second kappa shape index (κ2) is 4.28. The Kier molecular flexibility index (Phi) is 3.03. The van der Waals surface area contributed by atoms with Gasteiger partial charge in [-0.25, -0.2) is 0 Å². The van der Waals surface area contributed by atoms with Crippen LogP contribution in [0.2, 0.25) is 0 Å². The van der Waals surface area contributed by atoms with Gasteiger partial charge in [0.2, 0.25) is 0 Å². The van der Waals surface area contributed by atoms with Crippen molar-refractivity contribution in [1.82, 2.24) is 4.90 Å². The van der Waals surface area contributed by atoms with E-state index in [1.54, 1.807) is 0 Å². The standard InChI is InChI=1S/C10H17NO3/c12-10(13)9-6-11(7-9)5-8-1-3-14-4-2-8/h8-9H,1-7H2,(H,12,13). The molecule has 14 heavy (non-hydrogen) atoms. The number of ether oxygens (including phenoxy) is 1. The Labute approximate surface area is 83.8 Å². The summed E-state index contributed by atoms with van der Waals surface area (Å²) in [5.74, 6) is -0.0402. The van der Waals surface area contributed by atoms with Gasteiger partial charge in [-0.1, -0.05) is 0 Å². The van der Waals surface area contributed by atoms with Crippen LogP contribution in [0.25, 0.3) is 0 Å². The molecule has 0 aliphatic carbocycles. The number of likely N-dealkylation sites (tertiary alicyclic amines) is 1. The zero-order chi connectivity index (χ0) is 9.97. The fourth-order valence-electron chi connectivity index (χ4n) is 2.17. The molecule has 0 aromatic rings. The molecular weight excluding hydrogens is 182 g/mol. The van der Waals surface area contributed by atoms with Crippen LogP contribution >= 0.6 is 0 Å². The lowest BCUT2D eigenvalue weighted by atomic mass is 9.94. The number of carboxylic acids is 1. The minimum Gasteiger partial charge on any atom is -0.481 e. The summed E-state index contributed by atoms with van der Waals surface area (Å²) in [6.07, 6.45) is 2.27. The van der Waals surface area contributed by atoms with Crippen molar-refractivity contribution >= 4 is 5.97 Å². The summed E-state index contributed by atoms with van der Waals surface area (Å²) in [5.41, 5.74) is 0. The molecule has 0 amide bonds. The Morgan fingerprint density at radius 1 is 1.36 bits per heavy atom. The van der Waals surface area contributed by atoms with Crippen molar-refractivity contribution in [3.63, 3.8) is 0 Å². The summed E-state index contributed by atoms with van der Waals surface area (Å²) in [5, 5.41) is 8.71. The van der Waals surface area contributed by atoms with Crippen LogP contribution in [0.1, 0.15) is 12.8 Å². The van der Waals surface area contributed by atoms with E-state index in [9.17, 15) is 4.79 Å². The van der Waals surface area contributed by atoms with Gasteiger partial charge in [0.25, 0.3) is 0 Å². The van der Waals surface area contributed by atoms with Gasteiger partial charge < -0.3 is 14.7 Å². The third-order valence-electron chi connectivity index (χ3n) is 3.16. The van der Waals surface area contributed by atoms with E-state index in [1.807, 2.05) is 0 Å². The monoisotopic (exact) mass is 199 g/mol. The molecule has 2 rings (SSSR count).